The summed E-state index contributed by atoms with van der Waals surface area (Å²) in [5, 5.41) is 15.1. The number of hydrogen-bond donors (Lipinski definition) is 1. The predicted molar refractivity (Wildman–Crippen MR) is 106 cm³/mol. The standard InChI is InChI=1S/C21H19FN6O/c1-2-20(15-7-9-16(22)10-8-15)28-14-19(25-26-28)21(29)24-17-5-3-6-18(13-17)27-12-4-11-23-27/h3-14,20H,2H2,1H3,(H,24,29)/t20-/m0/s1. The largest absolute Gasteiger partial charge is 0.320 e. The molecule has 0 aliphatic rings. The number of anilines is 1. The molecule has 7 nitrogen and oxygen atoms in total. The molecule has 1 amide bonds. The van der Waals surface area contributed by atoms with E-state index in [1.54, 1.807) is 40.0 Å². The number of rotatable bonds is 6. The van der Waals surface area contributed by atoms with Crippen molar-refractivity contribution in [3.63, 3.8) is 0 Å². The molecule has 0 aliphatic heterocycles. The van der Waals surface area contributed by atoms with Crippen LogP contribution in [0.15, 0.2) is 73.2 Å². The van der Waals surface area contributed by atoms with Crippen molar-refractivity contribution in [2.24, 2.45) is 0 Å². The number of carbonyl (C=O) groups is 1. The molecule has 0 radical (unpaired) electrons. The van der Waals surface area contributed by atoms with E-state index in [1.807, 2.05) is 37.4 Å². The third-order valence-corrected chi connectivity index (χ3v) is 4.58. The fourth-order valence-electron chi connectivity index (χ4n) is 3.14. The third-order valence-electron chi connectivity index (χ3n) is 4.58. The van der Waals surface area contributed by atoms with Crippen molar-refractivity contribution in [3.05, 3.63) is 90.3 Å². The van der Waals surface area contributed by atoms with Gasteiger partial charge in [-0.15, -0.1) is 5.10 Å². The van der Waals surface area contributed by atoms with Crippen LogP contribution in [0.2, 0.25) is 0 Å². The first-order valence-electron chi connectivity index (χ1n) is 9.23. The van der Waals surface area contributed by atoms with Gasteiger partial charge in [-0.25, -0.2) is 13.8 Å². The number of carbonyl (C=O) groups excluding carboxylic acids is 1. The molecule has 0 spiro atoms. The lowest BCUT2D eigenvalue weighted by Crippen LogP contribution is -2.13. The van der Waals surface area contributed by atoms with E-state index < -0.39 is 0 Å². The van der Waals surface area contributed by atoms with Crippen molar-refractivity contribution in [1.29, 1.82) is 0 Å². The maximum absolute atomic E-state index is 13.2. The molecule has 4 aromatic rings. The Bertz CT molecular complexity index is 1100. The van der Waals surface area contributed by atoms with Gasteiger partial charge in [-0.2, -0.15) is 5.10 Å². The van der Waals surface area contributed by atoms with E-state index in [0.717, 1.165) is 17.7 Å². The smallest absolute Gasteiger partial charge is 0.277 e. The minimum absolute atomic E-state index is 0.132. The zero-order valence-electron chi connectivity index (χ0n) is 15.7. The summed E-state index contributed by atoms with van der Waals surface area (Å²) in [6, 6.07) is 15.3. The van der Waals surface area contributed by atoms with E-state index >= 15 is 0 Å². The lowest BCUT2D eigenvalue weighted by atomic mass is 10.0. The van der Waals surface area contributed by atoms with Crippen LogP contribution < -0.4 is 5.32 Å². The molecule has 1 atom stereocenters. The molecular formula is C21H19FN6O. The van der Waals surface area contributed by atoms with Crippen molar-refractivity contribution in [1.82, 2.24) is 24.8 Å². The average Bonchev–Trinajstić information content (AvgIpc) is 3.43. The zero-order valence-corrected chi connectivity index (χ0v) is 15.7. The van der Waals surface area contributed by atoms with Gasteiger partial charge >= 0.3 is 0 Å². The number of benzene rings is 2. The number of hydrogen-bond acceptors (Lipinski definition) is 4. The molecule has 0 saturated carbocycles. The highest BCUT2D eigenvalue weighted by atomic mass is 19.1. The highest BCUT2D eigenvalue weighted by Crippen LogP contribution is 2.22. The highest BCUT2D eigenvalue weighted by Gasteiger charge is 2.17. The second-order valence-corrected chi connectivity index (χ2v) is 6.51. The molecule has 8 heteroatoms. The molecule has 2 aromatic carbocycles. The van der Waals surface area contributed by atoms with Crippen molar-refractivity contribution in [3.8, 4) is 5.69 Å². The molecule has 4 rings (SSSR count). The van der Waals surface area contributed by atoms with Gasteiger partial charge in [0.1, 0.15) is 5.82 Å². The summed E-state index contributed by atoms with van der Waals surface area (Å²) in [6.45, 7) is 2.00. The number of amides is 1. The van der Waals surface area contributed by atoms with Gasteiger partial charge in [0.25, 0.3) is 5.91 Å². The number of halogens is 1. The maximum atomic E-state index is 13.2. The van der Waals surface area contributed by atoms with Crippen LogP contribution in [0.5, 0.6) is 0 Å². The predicted octanol–water partition coefficient (Wildman–Crippen LogP) is 3.85. The lowest BCUT2D eigenvalue weighted by Gasteiger charge is -2.15. The molecule has 2 aromatic heterocycles. The van der Waals surface area contributed by atoms with Crippen molar-refractivity contribution >= 4 is 11.6 Å². The monoisotopic (exact) mass is 390 g/mol. The van der Waals surface area contributed by atoms with Crippen LogP contribution in [0.25, 0.3) is 5.69 Å². The molecule has 0 saturated heterocycles. The molecule has 29 heavy (non-hydrogen) atoms. The molecule has 0 bridgehead atoms. The summed E-state index contributed by atoms with van der Waals surface area (Å²) < 4.78 is 16.5. The molecule has 2 heterocycles. The number of nitrogens with one attached hydrogen (secondary N) is 1. The Kier molecular flexibility index (Phi) is 5.15. The summed E-state index contributed by atoms with van der Waals surface area (Å²) >= 11 is 0. The Morgan fingerprint density at radius 2 is 2.00 bits per heavy atom. The first-order chi connectivity index (χ1) is 14.1. The van der Waals surface area contributed by atoms with E-state index in [1.165, 1.54) is 12.1 Å². The van der Waals surface area contributed by atoms with Gasteiger partial charge in [-0.05, 0) is 48.4 Å². The Hall–Kier alpha value is -3.81. The van der Waals surface area contributed by atoms with Crippen LogP contribution in [0.4, 0.5) is 10.1 Å². The zero-order chi connectivity index (χ0) is 20.2. The van der Waals surface area contributed by atoms with Gasteiger partial charge in [-0.1, -0.05) is 30.3 Å². The van der Waals surface area contributed by atoms with Crippen LogP contribution in [-0.2, 0) is 0 Å². The van der Waals surface area contributed by atoms with E-state index in [-0.39, 0.29) is 23.5 Å². The van der Waals surface area contributed by atoms with E-state index in [0.29, 0.717) is 5.69 Å². The van der Waals surface area contributed by atoms with Crippen LogP contribution in [-0.4, -0.2) is 30.7 Å². The van der Waals surface area contributed by atoms with Crippen LogP contribution in [0.1, 0.15) is 35.4 Å². The van der Waals surface area contributed by atoms with E-state index in [2.05, 4.69) is 20.7 Å². The van der Waals surface area contributed by atoms with Gasteiger partial charge in [0.05, 0.1) is 17.9 Å². The first-order valence-corrected chi connectivity index (χ1v) is 9.23. The topological polar surface area (TPSA) is 77.6 Å². The summed E-state index contributed by atoms with van der Waals surface area (Å²) in [6.07, 6.45) is 5.84. The summed E-state index contributed by atoms with van der Waals surface area (Å²) in [5.74, 6) is -0.651. The number of nitrogens with zero attached hydrogens (tertiary/aromatic N) is 5. The van der Waals surface area contributed by atoms with E-state index in [4.69, 9.17) is 0 Å². The van der Waals surface area contributed by atoms with Gasteiger partial charge < -0.3 is 5.32 Å². The van der Waals surface area contributed by atoms with Crippen LogP contribution in [0.3, 0.4) is 0 Å². The summed E-state index contributed by atoms with van der Waals surface area (Å²) in [5.41, 5.74) is 2.56. The molecule has 0 aliphatic carbocycles. The Labute approximate surface area is 166 Å². The van der Waals surface area contributed by atoms with Crippen molar-refractivity contribution in [2.45, 2.75) is 19.4 Å². The van der Waals surface area contributed by atoms with Crippen LogP contribution >= 0.6 is 0 Å². The van der Waals surface area contributed by atoms with Crippen molar-refractivity contribution < 1.29 is 9.18 Å². The normalized spacial score (nSPS) is 11.9. The van der Waals surface area contributed by atoms with Gasteiger partial charge in [0.2, 0.25) is 0 Å². The fraction of sp³-hybridized carbons (Fsp3) is 0.143. The molecule has 1 N–H and O–H groups in total. The Balaban J connectivity index is 1.51. The Morgan fingerprint density at radius 1 is 1.17 bits per heavy atom. The molecular weight excluding hydrogens is 371 g/mol. The minimum Gasteiger partial charge on any atom is -0.320 e. The molecule has 0 unspecified atom stereocenters. The minimum atomic E-state index is -0.358. The second-order valence-electron chi connectivity index (χ2n) is 6.51. The Morgan fingerprint density at radius 3 is 2.72 bits per heavy atom. The average molecular weight is 390 g/mol. The number of aromatic nitrogens is 5. The van der Waals surface area contributed by atoms with Crippen molar-refractivity contribution in [2.75, 3.05) is 5.32 Å². The summed E-state index contributed by atoms with van der Waals surface area (Å²) in [7, 11) is 0. The molecule has 146 valence electrons. The SMILES string of the molecule is CC[C@@H](c1ccc(F)cc1)n1cc(C(=O)Nc2cccc(-n3cccn3)c2)nn1. The van der Waals surface area contributed by atoms with Crippen LogP contribution in [0, 0.1) is 5.82 Å². The van der Waals surface area contributed by atoms with E-state index in [9.17, 15) is 9.18 Å². The molecule has 0 fully saturated rings. The van der Waals surface area contributed by atoms with Gasteiger partial charge in [-0.3, -0.25) is 4.79 Å². The van der Waals surface area contributed by atoms with Gasteiger partial charge in [0.15, 0.2) is 5.69 Å². The first kappa shape index (κ1) is 18.5. The highest BCUT2D eigenvalue weighted by molar-refractivity contribution is 6.02. The third kappa shape index (κ3) is 4.06. The maximum Gasteiger partial charge on any atom is 0.277 e. The quantitative estimate of drug-likeness (QED) is 0.542. The fourth-order valence-corrected chi connectivity index (χ4v) is 3.14. The lowest BCUT2D eigenvalue weighted by molar-refractivity contribution is 0.102. The van der Waals surface area contributed by atoms with Gasteiger partial charge in [0, 0.05) is 18.1 Å². The summed E-state index contributed by atoms with van der Waals surface area (Å²) in [4.78, 5) is 12.6. The second kappa shape index (κ2) is 8.05.